The molecule has 30 heavy (non-hydrogen) atoms. The molecule has 0 aliphatic carbocycles. The predicted molar refractivity (Wildman–Crippen MR) is 129 cm³/mol. The van der Waals surface area contributed by atoms with Gasteiger partial charge in [-0.25, -0.2) is 9.97 Å². The highest BCUT2D eigenvalue weighted by atomic mass is 32.1. The van der Waals surface area contributed by atoms with Crippen LogP contribution in [0.25, 0.3) is 33.2 Å². The lowest BCUT2D eigenvalue weighted by atomic mass is 10.0. The van der Waals surface area contributed by atoms with Gasteiger partial charge in [-0.2, -0.15) is 17.7 Å². The Morgan fingerprint density at radius 3 is 2.60 bits per heavy atom. The number of pyridine rings is 2. The molecule has 1 aromatic carbocycles. The SMILES string of the molecule is CCCN(CC)c1cnc2nc(-c3cc4cn(C)nc4c(C)c3O)ccc2c1.CS. The molecule has 6 nitrogen and oxygen atoms in total. The third kappa shape index (κ3) is 4.07. The maximum atomic E-state index is 10.7. The fraction of sp³-hybridized carbons (Fsp3) is 0.348. The molecule has 3 aromatic heterocycles. The van der Waals surface area contributed by atoms with Crippen molar-refractivity contribution >= 4 is 40.3 Å². The van der Waals surface area contributed by atoms with E-state index in [1.165, 1.54) is 0 Å². The lowest BCUT2D eigenvalue weighted by Gasteiger charge is -2.22. The minimum atomic E-state index is 0.217. The van der Waals surface area contributed by atoms with Gasteiger partial charge in [0.2, 0.25) is 0 Å². The number of hydrogen-bond donors (Lipinski definition) is 2. The number of rotatable bonds is 5. The van der Waals surface area contributed by atoms with Gasteiger partial charge in [0.25, 0.3) is 0 Å². The number of aryl methyl sites for hydroxylation is 2. The molecule has 0 radical (unpaired) electrons. The van der Waals surface area contributed by atoms with Crippen LogP contribution in [0, 0.1) is 6.92 Å². The second kappa shape index (κ2) is 9.34. The second-order valence-corrected chi connectivity index (χ2v) is 7.15. The standard InChI is InChI=1S/C22H25N5O.CH4S/c1-5-9-27(6-2)17-10-15-7-8-19(24-22(15)23-12-17)18-11-16-13-26(4)25-20(16)14(3)21(18)28;1-2/h7-8,10-13,28H,5-6,9H2,1-4H3;2H,1H3. The Hall–Kier alpha value is -2.80. The summed E-state index contributed by atoms with van der Waals surface area (Å²) in [6, 6.07) is 8.04. The number of aromatic hydroxyl groups is 1. The molecule has 158 valence electrons. The summed E-state index contributed by atoms with van der Waals surface area (Å²) < 4.78 is 1.76. The minimum absolute atomic E-state index is 0.217. The first kappa shape index (κ1) is 21.9. The quantitative estimate of drug-likeness (QED) is 0.443. The van der Waals surface area contributed by atoms with Gasteiger partial charge in [-0.05, 0) is 50.8 Å². The van der Waals surface area contributed by atoms with Gasteiger partial charge < -0.3 is 10.0 Å². The molecule has 0 saturated carbocycles. The molecule has 0 atom stereocenters. The molecule has 0 unspecified atom stereocenters. The first-order chi connectivity index (χ1) is 14.5. The molecule has 0 aliphatic rings. The van der Waals surface area contributed by atoms with Gasteiger partial charge in [0.15, 0.2) is 5.65 Å². The number of benzene rings is 1. The van der Waals surface area contributed by atoms with E-state index < -0.39 is 0 Å². The van der Waals surface area contributed by atoms with Crippen LogP contribution in [0.15, 0.2) is 36.7 Å². The Morgan fingerprint density at radius 2 is 1.90 bits per heavy atom. The molecule has 0 spiro atoms. The summed E-state index contributed by atoms with van der Waals surface area (Å²) in [6.07, 6.45) is 6.62. The molecule has 3 heterocycles. The van der Waals surface area contributed by atoms with Crippen molar-refractivity contribution in [3.63, 3.8) is 0 Å². The summed E-state index contributed by atoms with van der Waals surface area (Å²) in [5.74, 6) is 0.217. The van der Waals surface area contributed by atoms with E-state index in [1.54, 1.807) is 10.9 Å². The molecule has 0 aliphatic heterocycles. The maximum Gasteiger partial charge on any atom is 0.159 e. The number of phenolic OH excluding ortho intramolecular Hbond substituents is 1. The number of anilines is 1. The van der Waals surface area contributed by atoms with E-state index in [4.69, 9.17) is 4.98 Å². The molecule has 0 amide bonds. The number of phenols is 1. The van der Waals surface area contributed by atoms with Crippen LogP contribution in [0.4, 0.5) is 5.69 Å². The van der Waals surface area contributed by atoms with Gasteiger partial charge in [0, 0.05) is 48.2 Å². The molecular weight excluding hydrogens is 394 g/mol. The van der Waals surface area contributed by atoms with Gasteiger partial charge in [-0.15, -0.1) is 0 Å². The van der Waals surface area contributed by atoms with E-state index in [-0.39, 0.29) is 5.75 Å². The zero-order valence-electron chi connectivity index (χ0n) is 18.2. The lowest BCUT2D eigenvalue weighted by molar-refractivity contribution is 0.474. The summed E-state index contributed by atoms with van der Waals surface area (Å²) in [5, 5.41) is 17.1. The smallest absolute Gasteiger partial charge is 0.159 e. The number of fused-ring (bicyclic) bond motifs is 2. The molecule has 4 rings (SSSR count). The number of thiol groups is 1. The molecule has 0 bridgehead atoms. The van der Waals surface area contributed by atoms with Crippen molar-refractivity contribution in [1.29, 1.82) is 0 Å². The molecule has 1 N–H and O–H groups in total. The minimum Gasteiger partial charge on any atom is -0.507 e. The van der Waals surface area contributed by atoms with Gasteiger partial charge >= 0.3 is 0 Å². The van der Waals surface area contributed by atoms with E-state index in [0.717, 1.165) is 47.1 Å². The Bertz CT molecular complexity index is 1170. The average Bonchev–Trinajstić information content (AvgIpc) is 3.16. The summed E-state index contributed by atoms with van der Waals surface area (Å²) in [4.78, 5) is 11.6. The van der Waals surface area contributed by atoms with Crippen LogP contribution in [0.3, 0.4) is 0 Å². The summed E-state index contributed by atoms with van der Waals surface area (Å²) in [5.41, 5.74) is 4.77. The Kier molecular flexibility index (Phi) is 6.82. The van der Waals surface area contributed by atoms with Crippen molar-refractivity contribution in [2.24, 2.45) is 7.05 Å². The number of hydrogen-bond acceptors (Lipinski definition) is 6. The monoisotopic (exact) mass is 423 g/mol. The van der Waals surface area contributed by atoms with E-state index >= 15 is 0 Å². The lowest BCUT2D eigenvalue weighted by Crippen LogP contribution is -2.23. The van der Waals surface area contributed by atoms with Crippen molar-refractivity contribution in [2.75, 3.05) is 24.2 Å². The fourth-order valence-corrected chi connectivity index (χ4v) is 3.70. The zero-order chi connectivity index (χ0) is 21.8. The summed E-state index contributed by atoms with van der Waals surface area (Å²) in [7, 11) is 1.88. The molecule has 0 saturated heterocycles. The van der Waals surface area contributed by atoms with Gasteiger partial charge in [-0.1, -0.05) is 6.92 Å². The van der Waals surface area contributed by atoms with Crippen molar-refractivity contribution in [3.05, 3.63) is 42.2 Å². The largest absolute Gasteiger partial charge is 0.507 e. The van der Waals surface area contributed by atoms with Crippen molar-refractivity contribution in [1.82, 2.24) is 19.7 Å². The third-order valence-corrected chi connectivity index (χ3v) is 5.17. The van der Waals surface area contributed by atoms with E-state index in [9.17, 15) is 5.11 Å². The highest BCUT2D eigenvalue weighted by Crippen LogP contribution is 2.36. The predicted octanol–water partition coefficient (Wildman–Crippen LogP) is 4.98. The third-order valence-electron chi connectivity index (χ3n) is 5.17. The van der Waals surface area contributed by atoms with Crippen molar-refractivity contribution in [3.8, 4) is 17.0 Å². The first-order valence-corrected chi connectivity index (χ1v) is 11.0. The normalized spacial score (nSPS) is 10.9. The summed E-state index contributed by atoms with van der Waals surface area (Å²) >= 11 is 3.53. The topological polar surface area (TPSA) is 67.1 Å². The van der Waals surface area contributed by atoms with Crippen LogP contribution >= 0.6 is 12.6 Å². The van der Waals surface area contributed by atoms with E-state index in [0.29, 0.717) is 16.9 Å². The first-order valence-electron chi connectivity index (χ1n) is 10.1. The van der Waals surface area contributed by atoms with Gasteiger partial charge in [-0.3, -0.25) is 4.68 Å². The highest BCUT2D eigenvalue weighted by Gasteiger charge is 2.15. The Labute approximate surface area is 183 Å². The second-order valence-electron chi connectivity index (χ2n) is 7.15. The van der Waals surface area contributed by atoms with Crippen LogP contribution in [0.1, 0.15) is 25.8 Å². The van der Waals surface area contributed by atoms with Gasteiger partial charge in [0.05, 0.1) is 23.1 Å². The van der Waals surface area contributed by atoms with E-state index in [1.807, 2.05) is 44.6 Å². The maximum absolute atomic E-state index is 10.7. The molecule has 0 fully saturated rings. The van der Waals surface area contributed by atoms with Crippen LogP contribution in [0.2, 0.25) is 0 Å². The molecule has 4 aromatic rings. The van der Waals surface area contributed by atoms with Gasteiger partial charge in [0.1, 0.15) is 5.75 Å². The van der Waals surface area contributed by atoms with Crippen LogP contribution < -0.4 is 4.90 Å². The number of aromatic nitrogens is 4. The Balaban J connectivity index is 0.00000124. The van der Waals surface area contributed by atoms with Crippen molar-refractivity contribution in [2.45, 2.75) is 27.2 Å². The highest BCUT2D eigenvalue weighted by molar-refractivity contribution is 7.79. The molecular formula is C23H29N5OS. The molecule has 7 heteroatoms. The number of nitrogens with zero attached hydrogens (tertiary/aromatic N) is 5. The van der Waals surface area contributed by atoms with E-state index in [2.05, 4.69) is 47.5 Å². The fourth-order valence-electron chi connectivity index (χ4n) is 3.70. The van der Waals surface area contributed by atoms with Crippen LogP contribution in [-0.2, 0) is 7.05 Å². The van der Waals surface area contributed by atoms with Crippen LogP contribution in [-0.4, -0.2) is 44.2 Å². The average molecular weight is 424 g/mol. The summed E-state index contributed by atoms with van der Waals surface area (Å²) in [6.45, 7) is 8.17. The van der Waals surface area contributed by atoms with Crippen LogP contribution in [0.5, 0.6) is 5.75 Å². The Morgan fingerprint density at radius 1 is 1.13 bits per heavy atom. The van der Waals surface area contributed by atoms with Crippen molar-refractivity contribution < 1.29 is 5.11 Å². The zero-order valence-corrected chi connectivity index (χ0v) is 19.1.